The van der Waals surface area contributed by atoms with Crippen LogP contribution in [0.2, 0.25) is 0 Å². The van der Waals surface area contributed by atoms with Crippen molar-refractivity contribution in [2.24, 2.45) is 0 Å². The Morgan fingerprint density at radius 1 is 1.00 bits per heavy atom. The molecule has 1 aliphatic heterocycles. The molecule has 9 nitrogen and oxygen atoms in total. The average Bonchev–Trinajstić information content (AvgIpc) is 3.36. The maximum Gasteiger partial charge on any atom is 0.407 e. The molecule has 3 heterocycles. The zero-order chi connectivity index (χ0) is 21.5. The van der Waals surface area contributed by atoms with Crippen LogP contribution in [0, 0.1) is 0 Å². The SMILES string of the molecule is O=C(NCc1ccc(C(=O)N2CCN(c3ncccn3)CC2)cc1)OCc1nccs1. The summed E-state index contributed by atoms with van der Waals surface area (Å²) in [4.78, 5) is 41.1. The first-order valence-corrected chi connectivity index (χ1v) is 10.8. The zero-order valence-corrected chi connectivity index (χ0v) is 17.6. The molecular weight excluding hydrogens is 416 g/mol. The summed E-state index contributed by atoms with van der Waals surface area (Å²) in [5, 5.41) is 5.27. The molecule has 0 atom stereocenters. The van der Waals surface area contributed by atoms with Crippen molar-refractivity contribution in [3.05, 3.63) is 70.4 Å². The number of aromatic nitrogens is 3. The first-order valence-electron chi connectivity index (χ1n) is 9.88. The van der Waals surface area contributed by atoms with Gasteiger partial charge in [0, 0.05) is 62.3 Å². The van der Waals surface area contributed by atoms with E-state index in [2.05, 4.69) is 25.2 Å². The van der Waals surface area contributed by atoms with E-state index in [0.717, 1.165) is 10.6 Å². The number of amides is 2. The Balaban J connectivity index is 1.23. The first-order chi connectivity index (χ1) is 15.2. The number of ether oxygens (including phenoxy) is 1. The summed E-state index contributed by atoms with van der Waals surface area (Å²) in [5.41, 5.74) is 1.51. The van der Waals surface area contributed by atoms with Gasteiger partial charge in [-0.1, -0.05) is 12.1 Å². The van der Waals surface area contributed by atoms with E-state index in [1.807, 2.05) is 22.4 Å². The molecule has 0 spiro atoms. The summed E-state index contributed by atoms with van der Waals surface area (Å²) in [6.45, 7) is 3.10. The van der Waals surface area contributed by atoms with E-state index in [-0.39, 0.29) is 12.5 Å². The number of piperazine rings is 1. The monoisotopic (exact) mass is 438 g/mol. The molecule has 1 fully saturated rings. The van der Waals surface area contributed by atoms with E-state index < -0.39 is 6.09 Å². The fraction of sp³-hybridized carbons (Fsp3) is 0.286. The fourth-order valence-electron chi connectivity index (χ4n) is 3.19. The van der Waals surface area contributed by atoms with Crippen LogP contribution in [0.15, 0.2) is 54.3 Å². The van der Waals surface area contributed by atoms with Crippen molar-refractivity contribution >= 4 is 29.3 Å². The van der Waals surface area contributed by atoms with Crippen molar-refractivity contribution in [2.75, 3.05) is 31.1 Å². The summed E-state index contributed by atoms with van der Waals surface area (Å²) >= 11 is 1.43. The van der Waals surface area contributed by atoms with Gasteiger partial charge < -0.3 is 19.9 Å². The number of rotatable bonds is 6. The lowest BCUT2D eigenvalue weighted by Crippen LogP contribution is -2.49. The summed E-state index contributed by atoms with van der Waals surface area (Å²) in [6.07, 6.45) is 4.60. The number of hydrogen-bond donors (Lipinski definition) is 1. The van der Waals surface area contributed by atoms with Crippen LogP contribution in [0.1, 0.15) is 20.9 Å². The van der Waals surface area contributed by atoms with Crippen molar-refractivity contribution in [3.63, 3.8) is 0 Å². The second kappa shape index (κ2) is 9.98. The smallest absolute Gasteiger partial charge is 0.407 e. The lowest BCUT2D eigenvalue weighted by atomic mass is 10.1. The number of benzene rings is 1. The molecule has 1 aliphatic rings. The predicted molar refractivity (Wildman–Crippen MR) is 116 cm³/mol. The minimum Gasteiger partial charge on any atom is -0.442 e. The third kappa shape index (κ3) is 5.54. The normalized spacial score (nSPS) is 13.7. The van der Waals surface area contributed by atoms with Crippen LogP contribution in [0.3, 0.4) is 0 Å². The number of carbonyl (C=O) groups excluding carboxylic acids is 2. The maximum absolute atomic E-state index is 12.8. The summed E-state index contributed by atoms with van der Waals surface area (Å²) in [5.74, 6) is 0.688. The molecule has 10 heteroatoms. The van der Waals surface area contributed by atoms with E-state index in [1.54, 1.807) is 36.8 Å². The molecule has 0 unspecified atom stereocenters. The number of nitrogens with zero attached hydrogens (tertiary/aromatic N) is 5. The molecule has 1 N–H and O–H groups in total. The Bertz CT molecular complexity index is 990. The minimum absolute atomic E-state index is 0.00371. The van der Waals surface area contributed by atoms with Crippen LogP contribution in [-0.4, -0.2) is 58.0 Å². The van der Waals surface area contributed by atoms with E-state index >= 15 is 0 Å². The lowest BCUT2D eigenvalue weighted by molar-refractivity contribution is 0.0746. The number of thiazole rings is 1. The van der Waals surface area contributed by atoms with Gasteiger partial charge in [0.25, 0.3) is 5.91 Å². The third-order valence-electron chi connectivity index (χ3n) is 4.85. The zero-order valence-electron chi connectivity index (χ0n) is 16.8. The predicted octanol–water partition coefficient (Wildman–Crippen LogP) is 2.32. The molecule has 3 aromatic rings. The maximum atomic E-state index is 12.8. The van der Waals surface area contributed by atoms with Gasteiger partial charge in [-0.15, -0.1) is 11.3 Å². The number of alkyl carbamates (subject to hydrolysis) is 1. The van der Waals surface area contributed by atoms with Crippen LogP contribution < -0.4 is 10.2 Å². The van der Waals surface area contributed by atoms with E-state index in [9.17, 15) is 9.59 Å². The summed E-state index contributed by atoms with van der Waals surface area (Å²) in [6, 6.07) is 9.03. The Morgan fingerprint density at radius 3 is 2.42 bits per heavy atom. The van der Waals surface area contributed by atoms with Gasteiger partial charge in [0.15, 0.2) is 0 Å². The molecule has 160 valence electrons. The van der Waals surface area contributed by atoms with Crippen LogP contribution in [-0.2, 0) is 17.9 Å². The van der Waals surface area contributed by atoms with Crippen LogP contribution in [0.4, 0.5) is 10.7 Å². The highest BCUT2D eigenvalue weighted by atomic mass is 32.1. The van der Waals surface area contributed by atoms with Crippen molar-refractivity contribution in [3.8, 4) is 0 Å². The van der Waals surface area contributed by atoms with Gasteiger partial charge in [0.05, 0.1) is 0 Å². The van der Waals surface area contributed by atoms with Crippen molar-refractivity contribution < 1.29 is 14.3 Å². The lowest BCUT2D eigenvalue weighted by Gasteiger charge is -2.34. The van der Waals surface area contributed by atoms with Gasteiger partial charge in [-0.25, -0.2) is 19.7 Å². The van der Waals surface area contributed by atoms with Gasteiger partial charge in [-0.2, -0.15) is 0 Å². The highest BCUT2D eigenvalue weighted by molar-refractivity contribution is 7.09. The highest BCUT2D eigenvalue weighted by Gasteiger charge is 2.23. The van der Waals surface area contributed by atoms with Crippen molar-refractivity contribution in [2.45, 2.75) is 13.2 Å². The van der Waals surface area contributed by atoms with Crippen LogP contribution >= 0.6 is 11.3 Å². The van der Waals surface area contributed by atoms with E-state index in [1.165, 1.54) is 11.3 Å². The quantitative estimate of drug-likeness (QED) is 0.630. The molecule has 2 aromatic heterocycles. The molecule has 0 saturated carbocycles. The largest absolute Gasteiger partial charge is 0.442 e. The number of nitrogens with one attached hydrogen (secondary N) is 1. The van der Waals surface area contributed by atoms with Gasteiger partial charge in [0.1, 0.15) is 11.6 Å². The van der Waals surface area contributed by atoms with Crippen LogP contribution in [0.25, 0.3) is 0 Å². The summed E-state index contributed by atoms with van der Waals surface area (Å²) in [7, 11) is 0. The fourth-order valence-corrected chi connectivity index (χ4v) is 3.72. The topological polar surface area (TPSA) is 101 Å². The number of carbonyl (C=O) groups is 2. The Hall–Kier alpha value is -3.53. The number of hydrogen-bond acceptors (Lipinski definition) is 8. The first kappa shape index (κ1) is 20.7. The van der Waals surface area contributed by atoms with Gasteiger partial charge in [-0.05, 0) is 23.8 Å². The Kier molecular flexibility index (Phi) is 6.68. The molecule has 1 saturated heterocycles. The van der Waals surface area contributed by atoms with Gasteiger partial charge in [0.2, 0.25) is 5.95 Å². The molecule has 0 aliphatic carbocycles. The average molecular weight is 439 g/mol. The molecule has 0 radical (unpaired) electrons. The highest BCUT2D eigenvalue weighted by Crippen LogP contribution is 2.13. The summed E-state index contributed by atoms with van der Waals surface area (Å²) < 4.78 is 5.11. The van der Waals surface area contributed by atoms with Crippen molar-refractivity contribution in [1.82, 2.24) is 25.2 Å². The molecule has 1 aromatic carbocycles. The molecule has 0 bridgehead atoms. The van der Waals surface area contributed by atoms with Gasteiger partial charge >= 0.3 is 6.09 Å². The Labute approximate surface area is 183 Å². The second-order valence-electron chi connectivity index (χ2n) is 6.88. The minimum atomic E-state index is -0.504. The molecular formula is C21H22N6O3S. The molecule has 31 heavy (non-hydrogen) atoms. The molecule has 4 rings (SSSR count). The van der Waals surface area contributed by atoms with E-state index in [0.29, 0.717) is 44.2 Å². The van der Waals surface area contributed by atoms with E-state index in [4.69, 9.17) is 4.74 Å². The van der Waals surface area contributed by atoms with Crippen LogP contribution in [0.5, 0.6) is 0 Å². The third-order valence-corrected chi connectivity index (χ3v) is 5.60. The molecule has 2 amide bonds. The second-order valence-corrected chi connectivity index (χ2v) is 7.86. The van der Waals surface area contributed by atoms with Gasteiger partial charge in [-0.3, -0.25) is 4.79 Å². The Morgan fingerprint density at radius 2 is 1.74 bits per heavy atom. The van der Waals surface area contributed by atoms with Crippen molar-refractivity contribution in [1.29, 1.82) is 0 Å². The standard InChI is InChI=1S/C21H22N6O3S/c28-19(26-9-11-27(12-10-26)20-23-6-1-7-24-20)17-4-2-16(3-5-17)14-25-21(29)30-15-18-22-8-13-31-18/h1-8,13H,9-12,14-15H2,(H,25,29). The number of anilines is 1.